The Morgan fingerprint density at radius 2 is 1.74 bits per heavy atom. The summed E-state index contributed by atoms with van der Waals surface area (Å²) in [4.78, 5) is 25.5. The normalized spacial score (nSPS) is 11.0. The minimum Gasteiger partial charge on any atom is -0.448 e. The second kappa shape index (κ2) is 9.36. The fourth-order valence-electron chi connectivity index (χ4n) is 2.76. The van der Waals surface area contributed by atoms with E-state index in [1.807, 2.05) is 32.0 Å². The van der Waals surface area contributed by atoms with Crippen molar-refractivity contribution in [1.82, 2.24) is 0 Å². The van der Waals surface area contributed by atoms with Crippen LogP contribution in [0.15, 0.2) is 62.5 Å². The van der Waals surface area contributed by atoms with E-state index in [2.05, 4.69) is 36.9 Å². The average Bonchev–Trinajstić information content (AvgIpc) is 2.71. The molecule has 0 aliphatic rings. The number of benzene rings is 3. The number of rotatable bonds is 6. The van der Waals surface area contributed by atoms with Crippen molar-refractivity contribution in [1.29, 1.82) is 0 Å². The summed E-state index contributed by atoms with van der Waals surface area (Å²) < 4.78 is 7.11. The maximum Gasteiger partial charge on any atom is 0.318 e. The number of nitrogens with zero attached hydrogens (tertiary/aromatic N) is 3. The molecule has 0 aliphatic heterocycles. The maximum absolute atomic E-state index is 11.4. The monoisotopic (exact) mass is 547 g/mol. The molecular weight excluding hydrogens is 534 g/mol. The number of ether oxygens (including phenoxy) is 1. The Morgan fingerprint density at radius 3 is 2.42 bits per heavy atom. The van der Waals surface area contributed by atoms with E-state index in [0.29, 0.717) is 10.0 Å². The largest absolute Gasteiger partial charge is 0.448 e. The summed E-state index contributed by atoms with van der Waals surface area (Å²) in [5.74, 6) is 0.161. The molecule has 0 aliphatic carbocycles. The van der Waals surface area contributed by atoms with Crippen LogP contribution < -0.4 is 4.74 Å². The first kappa shape index (κ1) is 22.6. The van der Waals surface area contributed by atoms with Gasteiger partial charge in [0, 0.05) is 22.3 Å². The molecule has 3 aromatic carbocycles. The van der Waals surface area contributed by atoms with Crippen molar-refractivity contribution in [3.63, 3.8) is 0 Å². The molecule has 0 fully saturated rings. The van der Waals surface area contributed by atoms with Gasteiger partial charge < -0.3 is 4.74 Å². The summed E-state index contributed by atoms with van der Waals surface area (Å²) in [5, 5.41) is 22.4. The predicted octanol–water partition coefficient (Wildman–Crippen LogP) is 7.19. The van der Waals surface area contributed by atoms with Gasteiger partial charge in [0.15, 0.2) is 5.75 Å². The van der Waals surface area contributed by atoms with Crippen LogP contribution in [0.3, 0.4) is 0 Å². The summed E-state index contributed by atoms with van der Waals surface area (Å²) in [7, 11) is 0. The molecule has 0 amide bonds. The third-order valence-corrected chi connectivity index (χ3v) is 5.56. The molecule has 0 heterocycles. The Kier molecular flexibility index (Phi) is 6.81. The van der Waals surface area contributed by atoms with E-state index in [4.69, 9.17) is 4.74 Å². The fraction of sp³-hybridized carbons (Fsp3) is 0.0952. The third-order valence-electron chi connectivity index (χ3n) is 4.52. The van der Waals surface area contributed by atoms with Gasteiger partial charge in [0.1, 0.15) is 0 Å². The summed E-state index contributed by atoms with van der Waals surface area (Å²) >= 11 is 6.83. The molecule has 0 bridgehead atoms. The standard InChI is InChI=1S/C21H15Br2N3O5/c1-12-4-3-5-18(13(12)2)24-11-14-8-15(22)9-17(23)21(14)31-20-7-6-16(25(27)28)10-19(20)26(29)30/h3-11H,1-2H3. The Bertz CT molecular complexity index is 1230. The van der Waals surface area contributed by atoms with Gasteiger partial charge in [-0.2, -0.15) is 0 Å². The zero-order valence-corrected chi connectivity index (χ0v) is 19.5. The van der Waals surface area contributed by atoms with Crippen LogP contribution in [0.4, 0.5) is 17.1 Å². The number of non-ortho nitro benzene ring substituents is 1. The molecule has 0 unspecified atom stereocenters. The van der Waals surface area contributed by atoms with Crippen LogP contribution in [-0.4, -0.2) is 16.1 Å². The molecule has 31 heavy (non-hydrogen) atoms. The Balaban J connectivity index is 2.07. The number of nitro groups is 2. The van der Waals surface area contributed by atoms with Gasteiger partial charge in [-0.3, -0.25) is 25.2 Å². The van der Waals surface area contributed by atoms with Gasteiger partial charge in [0.05, 0.1) is 26.1 Å². The molecule has 8 nitrogen and oxygen atoms in total. The zero-order chi connectivity index (χ0) is 22.7. The van der Waals surface area contributed by atoms with Crippen LogP contribution in [0.1, 0.15) is 16.7 Å². The van der Waals surface area contributed by atoms with Gasteiger partial charge in [-0.05, 0) is 65.2 Å². The molecular formula is C21H15Br2N3O5. The van der Waals surface area contributed by atoms with Crippen molar-refractivity contribution < 1.29 is 14.6 Å². The fourth-order valence-corrected chi connectivity index (χ4v) is 4.10. The minimum atomic E-state index is -0.723. The van der Waals surface area contributed by atoms with Gasteiger partial charge in [-0.15, -0.1) is 0 Å². The summed E-state index contributed by atoms with van der Waals surface area (Å²) in [6, 6.07) is 12.5. The van der Waals surface area contributed by atoms with Crippen LogP contribution in [-0.2, 0) is 0 Å². The summed E-state index contributed by atoms with van der Waals surface area (Å²) in [6.45, 7) is 3.96. The number of aliphatic imine (C=N–C) groups is 1. The lowest BCUT2D eigenvalue weighted by molar-refractivity contribution is -0.394. The van der Waals surface area contributed by atoms with E-state index in [-0.39, 0.29) is 11.5 Å². The molecule has 0 N–H and O–H groups in total. The highest BCUT2D eigenvalue weighted by Gasteiger charge is 2.23. The molecule has 3 aromatic rings. The van der Waals surface area contributed by atoms with Crippen molar-refractivity contribution >= 4 is 55.1 Å². The molecule has 3 rings (SSSR count). The van der Waals surface area contributed by atoms with Crippen molar-refractivity contribution in [3.05, 3.63) is 94.4 Å². The van der Waals surface area contributed by atoms with Gasteiger partial charge in [0.25, 0.3) is 5.69 Å². The SMILES string of the molecule is Cc1cccc(N=Cc2cc(Br)cc(Br)c2Oc2ccc([N+](=O)[O-])cc2[N+](=O)[O-])c1C. The number of aryl methyl sites for hydroxylation is 1. The lowest BCUT2D eigenvalue weighted by Crippen LogP contribution is -1.98. The van der Waals surface area contributed by atoms with Gasteiger partial charge >= 0.3 is 5.69 Å². The lowest BCUT2D eigenvalue weighted by Gasteiger charge is -2.12. The van der Waals surface area contributed by atoms with E-state index in [0.717, 1.165) is 33.4 Å². The third kappa shape index (κ3) is 5.15. The first-order valence-electron chi connectivity index (χ1n) is 8.87. The number of hydrogen-bond donors (Lipinski definition) is 0. The second-order valence-electron chi connectivity index (χ2n) is 6.55. The van der Waals surface area contributed by atoms with E-state index >= 15 is 0 Å². The predicted molar refractivity (Wildman–Crippen MR) is 125 cm³/mol. The van der Waals surface area contributed by atoms with Crippen LogP contribution in [0.25, 0.3) is 0 Å². The molecule has 158 valence electrons. The van der Waals surface area contributed by atoms with E-state index in [1.54, 1.807) is 18.3 Å². The van der Waals surface area contributed by atoms with Crippen molar-refractivity contribution in [2.24, 2.45) is 4.99 Å². The number of hydrogen-bond acceptors (Lipinski definition) is 6. The van der Waals surface area contributed by atoms with Gasteiger partial charge in [-0.25, -0.2) is 0 Å². The molecule has 0 saturated carbocycles. The molecule has 0 spiro atoms. The highest BCUT2D eigenvalue weighted by atomic mass is 79.9. The zero-order valence-electron chi connectivity index (χ0n) is 16.3. The highest BCUT2D eigenvalue weighted by molar-refractivity contribution is 9.11. The second-order valence-corrected chi connectivity index (χ2v) is 8.32. The highest BCUT2D eigenvalue weighted by Crippen LogP contribution is 2.40. The molecule has 10 heteroatoms. The topological polar surface area (TPSA) is 108 Å². The molecule has 0 aromatic heterocycles. The Morgan fingerprint density at radius 1 is 1.00 bits per heavy atom. The van der Waals surface area contributed by atoms with Crippen molar-refractivity contribution in [2.75, 3.05) is 0 Å². The van der Waals surface area contributed by atoms with Crippen LogP contribution in [0.2, 0.25) is 0 Å². The molecule has 0 saturated heterocycles. The first-order valence-corrected chi connectivity index (χ1v) is 10.5. The average molecular weight is 549 g/mol. The minimum absolute atomic E-state index is 0.125. The molecule has 0 radical (unpaired) electrons. The Hall–Kier alpha value is -3.11. The van der Waals surface area contributed by atoms with Gasteiger partial charge in [-0.1, -0.05) is 28.1 Å². The maximum atomic E-state index is 11.4. The molecule has 0 atom stereocenters. The summed E-state index contributed by atoms with van der Waals surface area (Å²) in [5.41, 5.74) is 2.55. The Labute approximate surface area is 194 Å². The van der Waals surface area contributed by atoms with E-state index in [1.165, 1.54) is 6.07 Å². The van der Waals surface area contributed by atoms with E-state index in [9.17, 15) is 20.2 Å². The quantitative estimate of drug-likeness (QED) is 0.184. The lowest BCUT2D eigenvalue weighted by atomic mass is 10.1. The number of nitro benzene ring substituents is 2. The van der Waals surface area contributed by atoms with Crippen LogP contribution in [0, 0.1) is 34.1 Å². The smallest absolute Gasteiger partial charge is 0.318 e. The van der Waals surface area contributed by atoms with Crippen molar-refractivity contribution in [2.45, 2.75) is 13.8 Å². The van der Waals surface area contributed by atoms with Crippen LogP contribution >= 0.6 is 31.9 Å². The summed E-state index contributed by atoms with van der Waals surface area (Å²) in [6.07, 6.45) is 1.60. The number of halogens is 2. The van der Waals surface area contributed by atoms with Crippen LogP contribution in [0.5, 0.6) is 11.5 Å². The van der Waals surface area contributed by atoms with Crippen molar-refractivity contribution in [3.8, 4) is 11.5 Å². The first-order chi connectivity index (χ1) is 14.7. The van der Waals surface area contributed by atoms with E-state index < -0.39 is 21.2 Å². The van der Waals surface area contributed by atoms with Gasteiger partial charge in [0.2, 0.25) is 5.75 Å².